The summed E-state index contributed by atoms with van der Waals surface area (Å²) in [5.41, 5.74) is 4.27. The van der Waals surface area contributed by atoms with E-state index < -0.39 is 0 Å². The van der Waals surface area contributed by atoms with Gasteiger partial charge in [0.1, 0.15) is 5.69 Å². The Labute approximate surface area is 143 Å². The molecule has 0 radical (unpaired) electrons. The van der Waals surface area contributed by atoms with Crippen LogP contribution in [0.25, 0.3) is 11.3 Å². The Kier molecular flexibility index (Phi) is 5.17. The molecule has 0 saturated heterocycles. The Morgan fingerprint density at radius 1 is 0.917 bits per heavy atom. The van der Waals surface area contributed by atoms with Gasteiger partial charge in [-0.25, -0.2) is 4.98 Å². The van der Waals surface area contributed by atoms with Gasteiger partial charge < -0.3 is 0 Å². The van der Waals surface area contributed by atoms with Crippen molar-refractivity contribution in [2.24, 2.45) is 0 Å². The zero-order chi connectivity index (χ0) is 16.8. The van der Waals surface area contributed by atoms with Gasteiger partial charge in [0.15, 0.2) is 0 Å². The van der Waals surface area contributed by atoms with Crippen LogP contribution in [0.2, 0.25) is 0 Å². The standard InChI is InChI=1S/C22H21NO/c1-2-3-10-17-15-20(18-11-6-4-7-12-18)23-21(16-17)22(24)19-13-8-5-9-14-19/h4-9,11-16H,2-3,10H2,1H3. The first-order chi connectivity index (χ1) is 11.8. The first kappa shape index (κ1) is 16.1. The van der Waals surface area contributed by atoms with Crippen LogP contribution >= 0.6 is 0 Å². The number of pyridine rings is 1. The second-order valence-corrected chi connectivity index (χ2v) is 5.91. The van der Waals surface area contributed by atoms with Gasteiger partial charge in [0.25, 0.3) is 0 Å². The number of ketones is 1. The molecule has 0 spiro atoms. The highest BCUT2D eigenvalue weighted by molar-refractivity contribution is 6.08. The van der Waals surface area contributed by atoms with Gasteiger partial charge in [-0.3, -0.25) is 4.79 Å². The van der Waals surface area contributed by atoms with E-state index in [1.807, 2.05) is 66.7 Å². The van der Waals surface area contributed by atoms with Crippen LogP contribution in [0.1, 0.15) is 41.4 Å². The first-order valence-corrected chi connectivity index (χ1v) is 8.44. The van der Waals surface area contributed by atoms with E-state index in [0.29, 0.717) is 11.3 Å². The molecule has 3 rings (SSSR count). The molecule has 0 unspecified atom stereocenters. The number of hydrogen-bond acceptors (Lipinski definition) is 2. The van der Waals surface area contributed by atoms with E-state index in [4.69, 9.17) is 0 Å². The number of rotatable bonds is 6. The van der Waals surface area contributed by atoms with Crippen LogP contribution in [0, 0.1) is 0 Å². The lowest BCUT2D eigenvalue weighted by atomic mass is 10.0. The molecule has 0 aliphatic heterocycles. The number of carbonyl (C=O) groups is 1. The molecular formula is C22H21NO. The van der Waals surface area contributed by atoms with Crippen LogP contribution in [-0.4, -0.2) is 10.8 Å². The first-order valence-electron chi connectivity index (χ1n) is 8.44. The Morgan fingerprint density at radius 3 is 2.25 bits per heavy atom. The molecule has 0 bridgehead atoms. The summed E-state index contributed by atoms with van der Waals surface area (Å²) < 4.78 is 0. The van der Waals surface area contributed by atoms with E-state index in [2.05, 4.69) is 18.0 Å². The summed E-state index contributed by atoms with van der Waals surface area (Å²) in [5.74, 6) is -0.0221. The molecule has 2 nitrogen and oxygen atoms in total. The molecule has 24 heavy (non-hydrogen) atoms. The van der Waals surface area contributed by atoms with E-state index in [-0.39, 0.29) is 5.78 Å². The molecular weight excluding hydrogens is 294 g/mol. The van der Waals surface area contributed by atoms with Crippen molar-refractivity contribution >= 4 is 5.78 Å². The van der Waals surface area contributed by atoms with E-state index in [1.165, 1.54) is 5.56 Å². The van der Waals surface area contributed by atoms with E-state index in [9.17, 15) is 4.79 Å². The summed E-state index contributed by atoms with van der Waals surface area (Å²) in [7, 11) is 0. The summed E-state index contributed by atoms with van der Waals surface area (Å²) in [4.78, 5) is 17.4. The summed E-state index contributed by atoms with van der Waals surface area (Å²) >= 11 is 0. The Balaban J connectivity index is 2.03. The summed E-state index contributed by atoms with van der Waals surface area (Å²) in [6.45, 7) is 2.18. The quantitative estimate of drug-likeness (QED) is 0.576. The number of carbonyl (C=O) groups excluding carboxylic acids is 1. The van der Waals surface area contributed by atoms with Crippen molar-refractivity contribution in [1.29, 1.82) is 0 Å². The van der Waals surface area contributed by atoms with Crippen LogP contribution in [-0.2, 0) is 6.42 Å². The smallest absolute Gasteiger partial charge is 0.211 e. The minimum Gasteiger partial charge on any atom is -0.287 e. The second-order valence-electron chi connectivity index (χ2n) is 5.91. The van der Waals surface area contributed by atoms with Crippen molar-refractivity contribution in [3.05, 3.63) is 89.6 Å². The highest BCUT2D eigenvalue weighted by Gasteiger charge is 2.13. The number of benzene rings is 2. The average Bonchev–Trinajstić information content (AvgIpc) is 2.67. The highest BCUT2D eigenvalue weighted by Crippen LogP contribution is 2.21. The number of unbranched alkanes of at least 4 members (excludes halogenated alkanes) is 1. The van der Waals surface area contributed by atoms with Gasteiger partial charge in [0.05, 0.1) is 5.69 Å². The number of aromatic nitrogens is 1. The molecule has 0 fully saturated rings. The van der Waals surface area contributed by atoms with Crippen molar-refractivity contribution in [2.75, 3.05) is 0 Å². The average molecular weight is 315 g/mol. The van der Waals surface area contributed by atoms with E-state index in [0.717, 1.165) is 30.5 Å². The zero-order valence-corrected chi connectivity index (χ0v) is 13.9. The molecule has 0 atom stereocenters. The van der Waals surface area contributed by atoms with Crippen LogP contribution in [0.5, 0.6) is 0 Å². The molecule has 3 aromatic rings. The molecule has 0 saturated carbocycles. The lowest BCUT2D eigenvalue weighted by Gasteiger charge is -2.09. The minimum atomic E-state index is -0.0221. The maximum atomic E-state index is 12.8. The topological polar surface area (TPSA) is 30.0 Å². The third-order valence-electron chi connectivity index (χ3n) is 4.04. The van der Waals surface area contributed by atoms with Crippen molar-refractivity contribution in [1.82, 2.24) is 4.98 Å². The minimum absolute atomic E-state index is 0.0221. The fourth-order valence-electron chi connectivity index (χ4n) is 2.72. The summed E-state index contributed by atoms with van der Waals surface area (Å²) in [6.07, 6.45) is 3.20. The molecule has 2 heteroatoms. The second kappa shape index (κ2) is 7.69. The summed E-state index contributed by atoms with van der Waals surface area (Å²) in [6, 6.07) is 23.4. The molecule has 0 aliphatic rings. The number of aryl methyl sites for hydroxylation is 1. The Hall–Kier alpha value is -2.74. The molecule has 0 N–H and O–H groups in total. The van der Waals surface area contributed by atoms with Crippen LogP contribution in [0.3, 0.4) is 0 Å². The van der Waals surface area contributed by atoms with E-state index in [1.54, 1.807) is 0 Å². The fraction of sp³-hybridized carbons (Fsp3) is 0.182. The Bertz CT molecular complexity index is 810. The van der Waals surface area contributed by atoms with Gasteiger partial charge in [-0.05, 0) is 30.5 Å². The van der Waals surface area contributed by atoms with Crippen LogP contribution < -0.4 is 0 Å². The third kappa shape index (κ3) is 3.77. The third-order valence-corrected chi connectivity index (χ3v) is 4.04. The maximum absolute atomic E-state index is 12.8. The largest absolute Gasteiger partial charge is 0.287 e. The van der Waals surface area contributed by atoms with E-state index >= 15 is 0 Å². The van der Waals surface area contributed by atoms with Gasteiger partial charge in [-0.15, -0.1) is 0 Å². The van der Waals surface area contributed by atoms with Crippen molar-refractivity contribution in [3.63, 3.8) is 0 Å². The monoisotopic (exact) mass is 315 g/mol. The van der Waals surface area contributed by atoms with Gasteiger partial charge in [-0.2, -0.15) is 0 Å². The van der Waals surface area contributed by atoms with Gasteiger partial charge in [0.2, 0.25) is 5.78 Å². The molecule has 0 aliphatic carbocycles. The van der Waals surface area contributed by atoms with Gasteiger partial charge in [0, 0.05) is 11.1 Å². The SMILES string of the molecule is CCCCc1cc(C(=O)c2ccccc2)nc(-c2ccccc2)c1. The molecule has 0 amide bonds. The van der Waals surface area contributed by atoms with Crippen LogP contribution in [0.4, 0.5) is 0 Å². The van der Waals surface area contributed by atoms with Crippen LogP contribution in [0.15, 0.2) is 72.8 Å². The molecule has 120 valence electrons. The highest BCUT2D eigenvalue weighted by atomic mass is 16.1. The Morgan fingerprint density at radius 2 is 1.58 bits per heavy atom. The normalized spacial score (nSPS) is 10.5. The fourth-order valence-corrected chi connectivity index (χ4v) is 2.72. The molecule has 1 heterocycles. The van der Waals surface area contributed by atoms with Crippen molar-refractivity contribution in [3.8, 4) is 11.3 Å². The maximum Gasteiger partial charge on any atom is 0.211 e. The predicted octanol–water partition coefficient (Wildman–Crippen LogP) is 5.32. The van der Waals surface area contributed by atoms with Crippen molar-refractivity contribution in [2.45, 2.75) is 26.2 Å². The van der Waals surface area contributed by atoms with Gasteiger partial charge in [-0.1, -0.05) is 74.0 Å². The summed E-state index contributed by atoms with van der Waals surface area (Å²) in [5, 5.41) is 0. The van der Waals surface area contributed by atoms with Crippen molar-refractivity contribution < 1.29 is 4.79 Å². The number of hydrogen-bond donors (Lipinski definition) is 0. The molecule has 1 aromatic heterocycles. The lowest BCUT2D eigenvalue weighted by Crippen LogP contribution is -2.06. The van der Waals surface area contributed by atoms with Gasteiger partial charge >= 0.3 is 0 Å². The number of nitrogens with zero attached hydrogens (tertiary/aromatic N) is 1. The zero-order valence-electron chi connectivity index (χ0n) is 13.9. The lowest BCUT2D eigenvalue weighted by molar-refractivity contribution is 0.103. The predicted molar refractivity (Wildman–Crippen MR) is 98.2 cm³/mol. The molecule has 2 aromatic carbocycles.